The first kappa shape index (κ1) is 22.1. The van der Waals surface area contributed by atoms with Gasteiger partial charge in [0.05, 0.1) is 16.8 Å². The minimum absolute atomic E-state index is 0.0539. The van der Waals surface area contributed by atoms with Gasteiger partial charge >= 0.3 is 0 Å². The number of carbonyl (C=O) groups is 1. The summed E-state index contributed by atoms with van der Waals surface area (Å²) in [4.78, 5) is 35.3. The number of likely N-dealkylation sites (tertiary alicyclic amines) is 1. The summed E-state index contributed by atoms with van der Waals surface area (Å²) in [6, 6.07) is 6.25. The van der Waals surface area contributed by atoms with Crippen LogP contribution in [0.15, 0.2) is 28.2 Å². The van der Waals surface area contributed by atoms with Gasteiger partial charge in [0, 0.05) is 17.5 Å². The maximum absolute atomic E-state index is 13.7. The normalized spacial score (nSPS) is 16.8. The van der Waals surface area contributed by atoms with Crippen molar-refractivity contribution in [1.29, 1.82) is 0 Å². The molecular weight excluding hydrogens is 426 g/mol. The van der Waals surface area contributed by atoms with Crippen molar-refractivity contribution in [1.82, 2.24) is 14.5 Å². The van der Waals surface area contributed by atoms with E-state index in [1.165, 1.54) is 18.2 Å². The van der Waals surface area contributed by atoms with Crippen molar-refractivity contribution in [3.63, 3.8) is 0 Å². The van der Waals surface area contributed by atoms with Crippen LogP contribution in [0.4, 0.5) is 0 Å². The van der Waals surface area contributed by atoms with Crippen molar-refractivity contribution in [2.75, 3.05) is 12.3 Å². The summed E-state index contributed by atoms with van der Waals surface area (Å²) >= 11 is 2.92. The van der Waals surface area contributed by atoms with Gasteiger partial charge in [0.2, 0.25) is 5.91 Å². The van der Waals surface area contributed by atoms with Crippen molar-refractivity contribution < 1.29 is 4.79 Å². The largest absolute Gasteiger partial charge is 0.339 e. The zero-order valence-corrected chi connectivity index (χ0v) is 20.5. The number of amides is 1. The van der Waals surface area contributed by atoms with Gasteiger partial charge in [-0.1, -0.05) is 23.9 Å². The van der Waals surface area contributed by atoms with Crippen LogP contribution in [-0.2, 0) is 4.79 Å². The van der Waals surface area contributed by atoms with Crippen LogP contribution in [0.1, 0.15) is 47.8 Å². The highest BCUT2D eigenvalue weighted by molar-refractivity contribution is 7.99. The Bertz CT molecular complexity index is 1210. The summed E-state index contributed by atoms with van der Waals surface area (Å²) in [6.07, 6.45) is 3.30. The predicted molar refractivity (Wildman–Crippen MR) is 130 cm³/mol. The summed E-state index contributed by atoms with van der Waals surface area (Å²) in [5, 5.41) is 1.27. The second-order valence-corrected chi connectivity index (χ2v) is 10.6. The Morgan fingerprint density at radius 3 is 2.71 bits per heavy atom. The lowest BCUT2D eigenvalue weighted by Gasteiger charge is -2.33. The number of benzene rings is 1. The van der Waals surface area contributed by atoms with E-state index in [4.69, 9.17) is 4.98 Å². The smallest absolute Gasteiger partial charge is 0.267 e. The molecule has 2 aromatic heterocycles. The third kappa shape index (κ3) is 4.05. The van der Waals surface area contributed by atoms with Crippen LogP contribution < -0.4 is 5.56 Å². The number of carbonyl (C=O) groups excluding carboxylic acids is 1. The number of aromatic nitrogens is 2. The highest BCUT2D eigenvalue weighted by Crippen LogP contribution is 2.31. The summed E-state index contributed by atoms with van der Waals surface area (Å²) in [6.45, 7) is 11.0. The third-order valence-electron chi connectivity index (χ3n) is 6.44. The first-order valence-corrected chi connectivity index (χ1v) is 12.6. The molecule has 0 aliphatic carbocycles. The highest BCUT2D eigenvalue weighted by Gasteiger charge is 2.25. The number of fused-ring (bicyclic) bond motifs is 1. The molecule has 1 aromatic carbocycles. The van der Waals surface area contributed by atoms with Crippen LogP contribution in [0.25, 0.3) is 15.9 Å². The average molecular weight is 456 g/mol. The third-order valence-corrected chi connectivity index (χ3v) is 8.46. The van der Waals surface area contributed by atoms with E-state index >= 15 is 0 Å². The zero-order chi connectivity index (χ0) is 22.3. The second-order valence-electron chi connectivity index (χ2n) is 8.44. The van der Waals surface area contributed by atoms with Gasteiger partial charge in [-0.25, -0.2) is 4.98 Å². The van der Waals surface area contributed by atoms with E-state index in [0.29, 0.717) is 10.5 Å². The summed E-state index contributed by atoms with van der Waals surface area (Å²) < 4.78 is 1.71. The van der Waals surface area contributed by atoms with E-state index < -0.39 is 0 Å². The van der Waals surface area contributed by atoms with Crippen LogP contribution in [0.3, 0.4) is 0 Å². The van der Waals surface area contributed by atoms with Crippen LogP contribution in [0.5, 0.6) is 0 Å². The number of thioether (sulfide) groups is 1. The number of thiophene rings is 1. The lowest BCUT2D eigenvalue weighted by atomic mass is 10.0. The Balaban J connectivity index is 1.79. The Labute approximate surface area is 191 Å². The zero-order valence-electron chi connectivity index (χ0n) is 18.8. The van der Waals surface area contributed by atoms with Gasteiger partial charge < -0.3 is 4.90 Å². The van der Waals surface area contributed by atoms with Gasteiger partial charge in [0.15, 0.2) is 5.16 Å². The molecule has 0 radical (unpaired) electrons. The van der Waals surface area contributed by atoms with Gasteiger partial charge in [-0.05, 0) is 76.6 Å². The first-order valence-electron chi connectivity index (χ1n) is 10.8. The van der Waals surface area contributed by atoms with E-state index in [1.807, 2.05) is 50.8 Å². The van der Waals surface area contributed by atoms with Crippen molar-refractivity contribution >= 4 is 39.2 Å². The highest BCUT2D eigenvalue weighted by atomic mass is 32.2. The van der Waals surface area contributed by atoms with Crippen molar-refractivity contribution in [2.24, 2.45) is 0 Å². The van der Waals surface area contributed by atoms with Gasteiger partial charge in [0.1, 0.15) is 4.83 Å². The number of nitrogens with zero attached hydrogens (tertiary/aromatic N) is 3. The molecule has 31 heavy (non-hydrogen) atoms. The molecule has 0 N–H and O–H groups in total. The van der Waals surface area contributed by atoms with E-state index in [0.717, 1.165) is 51.5 Å². The monoisotopic (exact) mass is 455 g/mol. The maximum Gasteiger partial charge on any atom is 0.267 e. The number of hydrogen-bond donors (Lipinski definition) is 0. The average Bonchev–Trinajstić information content (AvgIpc) is 3.03. The fourth-order valence-electron chi connectivity index (χ4n) is 4.24. The van der Waals surface area contributed by atoms with E-state index in [2.05, 4.69) is 6.92 Å². The molecule has 0 saturated carbocycles. The number of piperidine rings is 1. The molecule has 0 bridgehead atoms. The molecule has 4 rings (SSSR count). The standard InChI is InChI=1S/C24H29N3O2S2/c1-14-9-8-11-19(16(14)3)27-23(29)21-17(4)18(5)31-22(21)25-24(27)30-13-20(28)26-12-7-6-10-15(26)2/h8-9,11,15H,6-7,10,12-13H2,1-5H3/t15-/m0/s1. The Morgan fingerprint density at radius 2 is 1.97 bits per heavy atom. The van der Waals surface area contributed by atoms with Gasteiger partial charge in [-0.3, -0.25) is 14.2 Å². The Morgan fingerprint density at radius 1 is 1.19 bits per heavy atom. The quantitative estimate of drug-likeness (QED) is 0.402. The minimum atomic E-state index is -0.0539. The molecule has 5 nitrogen and oxygen atoms in total. The molecule has 1 saturated heterocycles. The summed E-state index contributed by atoms with van der Waals surface area (Å²) in [7, 11) is 0. The van der Waals surface area contributed by atoms with Crippen molar-refractivity contribution in [2.45, 2.75) is 65.1 Å². The van der Waals surface area contributed by atoms with E-state index in [9.17, 15) is 9.59 Å². The molecular formula is C24H29N3O2S2. The van der Waals surface area contributed by atoms with Crippen LogP contribution >= 0.6 is 23.1 Å². The molecule has 3 heterocycles. The first-order chi connectivity index (χ1) is 14.8. The van der Waals surface area contributed by atoms with Crippen molar-refractivity contribution in [3.05, 3.63) is 50.1 Å². The molecule has 1 amide bonds. The lowest BCUT2D eigenvalue weighted by Crippen LogP contribution is -2.43. The van der Waals surface area contributed by atoms with Crippen LogP contribution in [0, 0.1) is 27.7 Å². The Hall–Kier alpha value is -2.12. The number of hydrogen-bond acceptors (Lipinski definition) is 5. The van der Waals surface area contributed by atoms with Gasteiger partial charge in [-0.2, -0.15) is 0 Å². The Kier molecular flexibility index (Phi) is 6.26. The molecule has 1 atom stereocenters. The van der Waals surface area contributed by atoms with Gasteiger partial charge in [-0.15, -0.1) is 11.3 Å². The van der Waals surface area contributed by atoms with Gasteiger partial charge in [0.25, 0.3) is 5.56 Å². The van der Waals surface area contributed by atoms with Crippen LogP contribution in [0.2, 0.25) is 0 Å². The molecule has 0 unspecified atom stereocenters. The summed E-state index contributed by atoms with van der Waals surface area (Å²) in [5.41, 5.74) is 3.95. The topological polar surface area (TPSA) is 55.2 Å². The SMILES string of the molecule is Cc1cccc(-n2c(SCC(=O)N3CCCC[C@@H]3C)nc3sc(C)c(C)c3c2=O)c1C. The molecule has 1 aliphatic rings. The second kappa shape index (κ2) is 8.79. The number of rotatable bonds is 4. The fourth-order valence-corrected chi connectivity index (χ4v) is 6.20. The van der Waals surface area contributed by atoms with Crippen molar-refractivity contribution in [3.8, 4) is 5.69 Å². The molecule has 0 spiro atoms. The fraction of sp³-hybridized carbons (Fsp3) is 0.458. The molecule has 1 aliphatic heterocycles. The lowest BCUT2D eigenvalue weighted by molar-refractivity contribution is -0.131. The summed E-state index contributed by atoms with van der Waals surface area (Å²) in [5.74, 6) is 0.411. The predicted octanol–water partition coefficient (Wildman–Crippen LogP) is 5.17. The van der Waals surface area contributed by atoms with E-state index in [1.54, 1.807) is 15.9 Å². The molecule has 3 aromatic rings. The van der Waals surface area contributed by atoms with E-state index in [-0.39, 0.29) is 23.3 Å². The minimum Gasteiger partial charge on any atom is -0.339 e. The molecule has 7 heteroatoms. The maximum atomic E-state index is 13.7. The van der Waals surface area contributed by atoms with Crippen LogP contribution in [-0.4, -0.2) is 38.7 Å². The number of aryl methyl sites for hydroxylation is 3. The molecule has 164 valence electrons. The molecule has 1 fully saturated rings.